The van der Waals surface area contributed by atoms with Gasteiger partial charge in [0.1, 0.15) is 71.8 Å². The maximum absolute atomic E-state index is 14.7. The van der Waals surface area contributed by atoms with Crippen LogP contribution in [0.15, 0.2) is 60.7 Å². The summed E-state index contributed by atoms with van der Waals surface area (Å²) in [6.07, 6.45) is -17.7. The van der Waals surface area contributed by atoms with E-state index in [0.717, 1.165) is 24.3 Å². The number of hydrogen-bond donors (Lipinski definition) is 12. The van der Waals surface area contributed by atoms with Crippen LogP contribution in [0.4, 0.5) is 0 Å². The molecule has 2 heterocycles. The highest BCUT2D eigenvalue weighted by Gasteiger charge is 2.50. The molecule has 0 radical (unpaired) electrons. The quantitative estimate of drug-likeness (QED) is 0.0950. The number of carboxylic acids is 2. The average Bonchev–Trinajstić information content (AvgIpc) is 3.24. The van der Waals surface area contributed by atoms with Crippen molar-refractivity contribution in [2.75, 3.05) is 13.2 Å². The van der Waals surface area contributed by atoms with E-state index < -0.39 is 144 Å². The first-order valence-corrected chi connectivity index (χ1v) is 19.0. The van der Waals surface area contributed by atoms with E-state index in [2.05, 4.69) is 0 Å². The van der Waals surface area contributed by atoms with E-state index in [-0.39, 0.29) is 44.9 Å². The largest absolute Gasteiger partial charge is 0.507 e. The number of ether oxygens (including phenoxy) is 4. The molecule has 326 valence electrons. The van der Waals surface area contributed by atoms with Gasteiger partial charge in [0.05, 0.1) is 46.6 Å². The summed E-state index contributed by atoms with van der Waals surface area (Å²) in [6, 6.07) is 11.9. The van der Waals surface area contributed by atoms with Gasteiger partial charge in [-0.3, -0.25) is 9.59 Å². The minimum Gasteiger partial charge on any atom is -0.507 e. The number of aliphatic hydroxyl groups is 8. The van der Waals surface area contributed by atoms with Crippen LogP contribution < -0.4 is 9.47 Å². The molecule has 2 aliphatic carbocycles. The lowest BCUT2D eigenvalue weighted by molar-refractivity contribution is -0.277. The van der Waals surface area contributed by atoms with Crippen molar-refractivity contribution in [3.8, 4) is 23.0 Å². The van der Waals surface area contributed by atoms with Gasteiger partial charge in [0.2, 0.25) is 24.1 Å². The summed E-state index contributed by atoms with van der Waals surface area (Å²) in [5.74, 6) is -10.1. The molecule has 0 amide bonds. The normalized spacial score (nSPS) is 30.1. The molecule has 8 rings (SSSR count). The van der Waals surface area contributed by atoms with Crippen molar-refractivity contribution in [3.63, 3.8) is 0 Å². The Hall–Kier alpha value is -6.04. The number of carboxylic acid groups (broad SMARTS) is 2. The average molecular weight is 863 g/mol. The summed E-state index contributed by atoms with van der Waals surface area (Å²) in [5, 5.41) is 126. The molecule has 20 nitrogen and oxygen atoms in total. The second kappa shape index (κ2) is 16.0. The summed E-state index contributed by atoms with van der Waals surface area (Å²) in [5.41, 5.74) is -2.87. The van der Waals surface area contributed by atoms with Crippen LogP contribution in [0, 0.1) is 0 Å². The van der Waals surface area contributed by atoms with Gasteiger partial charge in [-0.15, -0.1) is 0 Å². The van der Waals surface area contributed by atoms with Crippen LogP contribution in [-0.2, 0) is 9.47 Å². The van der Waals surface area contributed by atoms with E-state index in [9.17, 15) is 80.5 Å². The molecule has 4 aliphatic rings. The SMILES string of the molecule is O=C(O)c1cc(O)c2c(c1)[C@@H]([C@H]1c3cc(C(=O)O)cc(O)c3C(=O)c3c(O[C@H]4O[C@@H](CO)[C@H](O)[C@@H](O)[C@@H]4O)cccc31)c1cccc(O[C@@H]3O[C@H](CO)[C@@H](O)[C@H](O)[C@H]3O)c1C2=O. The smallest absolute Gasteiger partial charge is 0.335 e. The third-order valence-electron chi connectivity index (χ3n) is 11.7. The summed E-state index contributed by atoms with van der Waals surface area (Å²) in [7, 11) is 0. The lowest BCUT2D eigenvalue weighted by atomic mass is 9.63. The van der Waals surface area contributed by atoms with Crippen molar-refractivity contribution in [2.24, 2.45) is 0 Å². The number of aliphatic hydroxyl groups excluding tert-OH is 8. The summed E-state index contributed by atoms with van der Waals surface area (Å²) in [6.45, 7) is -1.64. The minimum absolute atomic E-state index is 0.00301. The van der Waals surface area contributed by atoms with Crippen LogP contribution in [0.1, 0.15) is 86.6 Å². The Morgan fingerprint density at radius 3 is 1.23 bits per heavy atom. The van der Waals surface area contributed by atoms with E-state index in [4.69, 9.17) is 18.9 Å². The number of carbonyl (C=O) groups is 4. The molecule has 4 aromatic rings. The molecular formula is C42H38O20. The first kappa shape index (κ1) is 42.6. The summed E-state index contributed by atoms with van der Waals surface area (Å²) >= 11 is 0. The number of hydrogen-bond acceptors (Lipinski definition) is 18. The topological polar surface area (TPSA) is 348 Å². The van der Waals surface area contributed by atoms with Gasteiger partial charge in [0.15, 0.2) is 0 Å². The molecule has 0 saturated carbocycles. The zero-order valence-electron chi connectivity index (χ0n) is 31.7. The standard InChI is InChI=1S/C42H38O20/c43-11-23-31(47)35(51)37(53)41(61-23)59-21-5-1-3-15-25(17-7-13(39(55)56)9-19(45)27(17)33(49)29(15)21)26-16-4-2-6-22(60-42-38(54)36(52)32(48)24(12-44)62-42)30(16)34(50)28-18(26)8-14(40(57)58)10-20(28)46/h1-10,23-26,31-32,35-38,41-48,51-54H,11-12H2,(H,55,56)(H,57,58)/t23-,24+,25+,26-,31-,32+,35+,36-,37-,38+,41-,42+. The van der Waals surface area contributed by atoms with Crippen molar-refractivity contribution < 1.29 is 99.4 Å². The number of carbonyl (C=O) groups excluding carboxylic acids is 2. The maximum Gasteiger partial charge on any atom is 0.335 e. The number of phenols is 2. The third-order valence-corrected chi connectivity index (χ3v) is 11.7. The van der Waals surface area contributed by atoms with Crippen molar-refractivity contribution in [3.05, 3.63) is 116 Å². The molecule has 2 fully saturated rings. The highest BCUT2D eigenvalue weighted by molar-refractivity contribution is 6.18. The Labute approximate surface area is 348 Å². The van der Waals surface area contributed by atoms with Crippen molar-refractivity contribution in [1.82, 2.24) is 0 Å². The molecule has 2 saturated heterocycles. The fourth-order valence-electron chi connectivity index (χ4n) is 8.71. The van der Waals surface area contributed by atoms with Gasteiger partial charge in [-0.1, -0.05) is 24.3 Å². The van der Waals surface area contributed by atoms with Gasteiger partial charge in [-0.05, 0) is 58.7 Å². The highest BCUT2D eigenvalue weighted by Crippen LogP contribution is 2.56. The molecule has 4 aromatic carbocycles. The van der Waals surface area contributed by atoms with Crippen molar-refractivity contribution >= 4 is 23.5 Å². The number of ketones is 2. The maximum atomic E-state index is 14.7. The summed E-state index contributed by atoms with van der Waals surface area (Å²) < 4.78 is 23.0. The van der Waals surface area contributed by atoms with Gasteiger partial charge in [0.25, 0.3) is 0 Å². The number of aromatic carboxylic acids is 2. The van der Waals surface area contributed by atoms with E-state index in [1.807, 2.05) is 0 Å². The minimum atomic E-state index is -1.94. The fraction of sp³-hybridized carbons (Fsp3) is 0.333. The zero-order valence-corrected chi connectivity index (χ0v) is 31.7. The van der Waals surface area contributed by atoms with Gasteiger partial charge in [0, 0.05) is 11.8 Å². The first-order valence-electron chi connectivity index (χ1n) is 19.0. The second-order valence-corrected chi connectivity index (χ2v) is 15.2. The number of phenolic OH excluding ortho intramolecular Hbond substituents is 2. The lowest BCUT2D eigenvalue weighted by Gasteiger charge is -2.41. The van der Waals surface area contributed by atoms with Gasteiger partial charge < -0.3 is 80.2 Å². The molecule has 0 aromatic heterocycles. The Morgan fingerprint density at radius 2 is 0.887 bits per heavy atom. The molecule has 2 aliphatic heterocycles. The molecule has 0 bridgehead atoms. The van der Waals surface area contributed by atoms with Gasteiger partial charge in [-0.25, -0.2) is 9.59 Å². The van der Waals surface area contributed by atoms with Crippen LogP contribution >= 0.6 is 0 Å². The monoisotopic (exact) mass is 862 g/mol. The van der Waals surface area contributed by atoms with E-state index in [1.165, 1.54) is 36.4 Å². The number of benzene rings is 4. The molecule has 12 N–H and O–H groups in total. The Morgan fingerprint density at radius 1 is 0.516 bits per heavy atom. The summed E-state index contributed by atoms with van der Waals surface area (Å²) in [4.78, 5) is 54.2. The predicted octanol–water partition coefficient (Wildman–Crippen LogP) is -1.10. The van der Waals surface area contributed by atoms with Crippen LogP contribution in [0.25, 0.3) is 0 Å². The van der Waals surface area contributed by atoms with Gasteiger partial charge in [-0.2, -0.15) is 0 Å². The van der Waals surface area contributed by atoms with Crippen LogP contribution in [-0.4, -0.2) is 159 Å². The number of rotatable bonds is 9. The first-order chi connectivity index (χ1) is 29.5. The van der Waals surface area contributed by atoms with Crippen LogP contribution in [0.2, 0.25) is 0 Å². The van der Waals surface area contributed by atoms with E-state index >= 15 is 0 Å². The molecule has 62 heavy (non-hydrogen) atoms. The lowest BCUT2D eigenvalue weighted by Crippen LogP contribution is -2.60. The Kier molecular flexibility index (Phi) is 11.0. The van der Waals surface area contributed by atoms with Gasteiger partial charge >= 0.3 is 11.9 Å². The molecular weight excluding hydrogens is 824 g/mol. The Balaban J connectivity index is 1.38. The van der Waals surface area contributed by atoms with Crippen molar-refractivity contribution in [2.45, 2.75) is 73.2 Å². The molecule has 12 atom stereocenters. The molecule has 0 unspecified atom stereocenters. The van der Waals surface area contributed by atoms with Crippen LogP contribution in [0.3, 0.4) is 0 Å². The highest BCUT2D eigenvalue weighted by atomic mass is 16.7. The van der Waals surface area contributed by atoms with E-state index in [0.29, 0.717) is 0 Å². The van der Waals surface area contributed by atoms with Crippen LogP contribution in [0.5, 0.6) is 23.0 Å². The number of aromatic hydroxyl groups is 2. The molecule has 0 spiro atoms. The second-order valence-electron chi connectivity index (χ2n) is 15.2. The molecule has 20 heteroatoms. The van der Waals surface area contributed by atoms with E-state index in [1.54, 1.807) is 0 Å². The predicted molar refractivity (Wildman–Crippen MR) is 202 cm³/mol. The Bertz CT molecular complexity index is 2330. The number of fused-ring (bicyclic) bond motifs is 4. The third kappa shape index (κ3) is 6.73. The van der Waals surface area contributed by atoms with Crippen molar-refractivity contribution in [1.29, 1.82) is 0 Å². The fourth-order valence-corrected chi connectivity index (χ4v) is 8.71. The zero-order chi connectivity index (χ0) is 44.6.